The first-order valence-corrected chi connectivity index (χ1v) is 11.7. The number of ketones is 1. The van der Waals surface area contributed by atoms with Crippen molar-refractivity contribution in [2.75, 3.05) is 58.6 Å². The molecule has 2 heterocycles. The number of hydrogen-bond acceptors (Lipinski definition) is 8. The van der Waals surface area contributed by atoms with Gasteiger partial charge in [-0.2, -0.15) is 0 Å². The van der Waals surface area contributed by atoms with E-state index in [-0.39, 0.29) is 49.7 Å². The van der Waals surface area contributed by atoms with Crippen molar-refractivity contribution >= 4 is 34.9 Å². The van der Waals surface area contributed by atoms with Gasteiger partial charge in [-0.25, -0.2) is 0 Å². The molecule has 0 aliphatic carbocycles. The molecule has 2 aliphatic rings. The van der Waals surface area contributed by atoms with Gasteiger partial charge < -0.3 is 28.6 Å². The van der Waals surface area contributed by atoms with E-state index in [1.165, 1.54) is 26.0 Å². The SMILES string of the molecule is COc1ccc(C(C)=O)c(OCC2CN(C(=O)CN3C(=O)COc4ccc(Cl)cc43)CCO2)c1OC. The number of anilines is 1. The number of morpholine rings is 1. The van der Waals surface area contributed by atoms with E-state index >= 15 is 0 Å². The molecule has 1 saturated heterocycles. The van der Waals surface area contributed by atoms with Crippen LogP contribution in [0.5, 0.6) is 23.0 Å². The van der Waals surface area contributed by atoms with Crippen LogP contribution in [0.4, 0.5) is 5.69 Å². The number of halogens is 1. The van der Waals surface area contributed by atoms with Crippen LogP contribution in [0.25, 0.3) is 0 Å². The molecule has 2 aromatic carbocycles. The monoisotopic (exact) mass is 518 g/mol. The minimum atomic E-state index is -0.458. The number of nitrogens with zero attached hydrogens (tertiary/aromatic N) is 2. The fourth-order valence-electron chi connectivity index (χ4n) is 4.13. The number of ether oxygens (including phenoxy) is 5. The van der Waals surface area contributed by atoms with Crippen molar-refractivity contribution in [1.29, 1.82) is 0 Å². The Balaban J connectivity index is 1.44. The summed E-state index contributed by atoms with van der Waals surface area (Å²) < 4.78 is 28.0. The molecule has 1 fully saturated rings. The summed E-state index contributed by atoms with van der Waals surface area (Å²) in [4.78, 5) is 40.8. The maximum absolute atomic E-state index is 13.1. The second-order valence-electron chi connectivity index (χ2n) is 8.26. The zero-order valence-electron chi connectivity index (χ0n) is 20.2. The lowest BCUT2D eigenvalue weighted by molar-refractivity contribution is -0.139. The van der Waals surface area contributed by atoms with Crippen LogP contribution in [0.1, 0.15) is 17.3 Å². The molecule has 0 aromatic heterocycles. The number of carbonyl (C=O) groups excluding carboxylic acids is 3. The number of benzene rings is 2. The lowest BCUT2D eigenvalue weighted by atomic mass is 10.1. The van der Waals surface area contributed by atoms with Gasteiger partial charge in [0.15, 0.2) is 23.9 Å². The summed E-state index contributed by atoms with van der Waals surface area (Å²) in [5.74, 6) is 0.716. The molecule has 10 nitrogen and oxygen atoms in total. The topological polar surface area (TPSA) is 104 Å². The molecule has 0 saturated carbocycles. The minimum Gasteiger partial charge on any atom is -0.493 e. The smallest absolute Gasteiger partial charge is 0.265 e. The molecule has 2 aliphatic heterocycles. The zero-order valence-corrected chi connectivity index (χ0v) is 21.0. The van der Waals surface area contributed by atoms with E-state index in [2.05, 4.69) is 0 Å². The third kappa shape index (κ3) is 5.34. The Morgan fingerprint density at radius 3 is 2.67 bits per heavy atom. The largest absolute Gasteiger partial charge is 0.493 e. The summed E-state index contributed by atoms with van der Waals surface area (Å²) in [6, 6.07) is 8.19. The summed E-state index contributed by atoms with van der Waals surface area (Å²) in [6.07, 6.45) is -0.458. The van der Waals surface area contributed by atoms with Crippen LogP contribution in [0, 0.1) is 0 Å². The molecule has 0 bridgehead atoms. The molecular formula is C25H27ClN2O8. The highest BCUT2D eigenvalue weighted by molar-refractivity contribution is 6.31. The molecule has 0 N–H and O–H groups in total. The lowest BCUT2D eigenvalue weighted by Crippen LogP contribution is -2.52. The normalized spacial score (nSPS) is 17.2. The molecule has 0 radical (unpaired) electrons. The van der Waals surface area contributed by atoms with E-state index in [0.717, 1.165) is 0 Å². The van der Waals surface area contributed by atoms with Gasteiger partial charge in [-0.05, 0) is 37.3 Å². The van der Waals surface area contributed by atoms with Gasteiger partial charge in [0.1, 0.15) is 25.0 Å². The van der Waals surface area contributed by atoms with Crippen molar-refractivity contribution in [2.24, 2.45) is 0 Å². The van der Waals surface area contributed by atoms with Gasteiger partial charge in [0.2, 0.25) is 11.7 Å². The molecule has 1 unspecified atom stereocenters. The molecule has 1 atom stereocenters. The average molecular weight is 519 g/mol. The molecule has 192 valence electrons. The van der Waals surface area contributed by atoms with Crippen molar-refractivity contribution < 1.29 is 38.1 Å². The fraction of sp³-hybridized carbons (Fsp3) is 0.400. The molecule has 2 aromatic rings. The van der Waals surface area contributed by atoms with Crippen molar-refractivity contribution in [2.45, 2.75) is 13.0 Å². The first kappa shape index (κ1) is 25.6. The number of hydrogen-bond donors (Lipinski definition) is 0. The van der Waals surface area contributed by atoms with Gasteiger partial charge in [0, 0.05) is 11.6 Å². The predicted molar refractivity (Wildman–Crippen MR) is 131 cm³/mol. The first-order valence-electron chi connectivity index (χ1n) is 11.3. The molecular weight excluding hydrogens is 492 g/mol. The minimum absolute atomic E-state index is 0.0719. The summed E-state index contributed by atoms with van der Waals surface area (Å²) >= 11 is 6.09. The molecule has 4 rings (SSSR count). The maximum Gasteiger partial charge on any atom is 0.265 e. The van der Waals surface area contributed by atoms with Crippen LogP contribution in [0.3, 0.4) is 0 Å². The Bertz CT molecular complexity index is 1170. The number of carbonyl (C=O) groups is 3. The Hall–Kier alpha value is -3.50. The summed E-state index contributed by atoms with van der Waals surface area (Å²) in [5.41, 5.74) is 0.807. The van der Waals surface area contributed by atoms with Gasteiger partial charge in [0.05, 0.1) is 38.6 Å². The van der Waals surface area contributed by atoms with E-state index in [1.54, 1.807) is 35.2 Å². The van der Waals surface area contributed by atoms with Crippen molar-refractivity contribution in [3.05, 3.63) is 40.9 Å². The van der Waals surface area contributed by atoms with Gasteiger partial charge in [-0.1, -0.05) is 11.6 Å². The lowest BCUT2D eigenvalue weighted by Gasteiger charge is -2.35. The van der Waals surface area contributed by atoms with Gasteiger partial charge in [-0.3, -0.25) is 19.3 Å². The maximum atomic E-state index is 13.1. The van der Waals surface area contributed by atoms with Gasteiger partial charge in [-0.15, -0.1) is 0 Å². The van der Waals surface area contributed by atoms with Gasteiger partial charge >= 0.3 is 0 Å². The van der Waals surface area contributed by atoms with Crippen LogP contribution in [0.15, 0.2) is 30.3 Å². The number of fused-ring (bicyclic) bond motifs is 1. The average Bonchev–Trinajstić information content (AvgIpc) is 2.88. The molecule has 2 amide bonds. The second kappa shape index (κ2) is 11.0. The van der Waals surface area contributed by atoms with Crippen LogP contribution in [-0.4, -0.2) is 82.3 Å². The van der Waals surface area contributed by atoms with Crippen molar-refractivity contribution in [3.63, 3.8) is 0 Å². The van der Waals surface area contributed by atoms with E-state index in [1.807, 2.05) is 0 Å². The molecule has 36 heavy (non-hydrogen) atoms. The van der Waals surface area contributed by atoms with E-state index < -0.39 is 6.10 Å². The van der Waals surface area contributed by atoms with E-state index in [0.29, 0.717) is 46.7 Å². The third-order valence-electron chi connectivity index (χ3n) is 5.94. The highest BCUT2D eigenvalue weighted by Gasteiger charge is 2.32. The van der Waals surface area contributed by atoms with Crippen LogP contribution in [0.2, 0.25) is 5.02 Å². The molecule has 11 heteroatoms. The number of methoxy groups -OCH3 is 2. The Kier molecular flexibility index (Phi) is 7.85. The third-order valence-corrected chi connectivity index (χ3v) is 6.18. The highest BCUT2D eigenvalue weighted by atomic mass is 35.5. The van der Waals surface area contributed by atoms with Crippen LogP contribution < -0.4 is 23.8 Å². The number of rotatable bonds is 8. The standard InChI is InChI=1S/C25H27ClN2O8/c1-15(29)18-5-7-21(32-2)25(33-3)24(18)36-13-17-11-27(8-9-34-17)22(30)12-28-19-10-16(26)4-6-20(19)35-14-23(28)31/h4-7,10,17H,8-9,11-14H2,1-3H3. The quantitative estimate of drug-likeness (QED) is 0.491. The van der Waals surface area contributed by atoms with Crippen molar-refractivity contribution in [1.82, 2.24) is 4.90 Å². The summed E-state index contributed by atoms with van der Waals surface area (Å²) in [6.45, 7) is 2.13. The number of amides is 2. The summed E-state index contributed by atoms with van der Waals surface area (Å²) in [7, 11) is 2.96. The van der Waals surface area contributed by atoms with E-state index in [9.17, 15) is 14.4 Å². The van der Waals surface area contributed by atoms with E-state index in [4.69, 9.17) is 35.3 Å². The molecule has 0 spiro atoms. The second-order valence-corrected chi connectivity index (χ2v) is 8.69. The predicted octanol–water partition coefficient (Wildman–Crippen LogP) is 2.59. The van der Waals surface area contributed by atoms with Crippen molar-refractivity contribution in [3.8, 4) is 23.0 Å². The van der Waals surface area contributed by atoms with Crippen LogP contribution >= 0.6 is 11.6 Å². The first-order chi connectivity index (χ1) is 17.3. The summed E-state index contributed by atoms with van der Waals surface area (Å²) in [5, 5.41) is 0.436. The fourth-order valence-corrected chi connectivity index (χ4v) is 4.29. The Morgan fingerprint density at radius 2 is 1.94 bits per heavy atom. The Morgan fingerprint density at radius 1 is 1.14 bits per heavy atom. The Labute approximate surface area is 213 Å². The van der Waals surface area contributed by atoms with Gasteiger partial charge in [0.25, 0.3) is 5.91 Å². The number of Topliss-reactive ketones (excluding diaryl/α,β-unsaturated/α-hetero) is 1. The zero-order chi connectivity index (χ0) is 25.8. The van der Waals surface area contributed by atoms with Crippen LogP contribution in [-0.2, 0) is 14.3 Å². The highest BCUT2D eigenvalue weighted by Crippen LogP contribution is 2.40.